The molecule has 0 bridgehead atoms. The van der Waals surface area contributed by atoms with E-state index in [2.05, 4.69) is 21.6 Å². The highest BCUT2D eigenvalue weighted by atomic mass is 16.5. The molecule has 0 saturated carbocycles. The minimum Gasteiger partial charge on any atom is -0.445 e. The van der Waals surface area contributed by atoms with Crippen molar-refractivity contribution in [3.05, 3.63) is 77.6 Å². The van der Waals surface area contributed by atoms with E-state index in [-0.39, 0.29) is 31.1 Å². The minimum atomic E-state index is -0.537. The van der Waals surface area contributed by atoms with Gasteiger partial charge in [0.05, 0.1) is 18.3 Å². The van der Waals surface area contributed by atoms with Crippen molar-refractivity contribution in [2.45, 2.75) is 46.1 Å². The van der Waals surface area contributed by atoms with Gasteiger partial charge in [-0.15, -0.1) is 5.53 Å². The monoisotopic (exact) mass is 453 g/mol. The average molecular weight is 454 g/mol. The molecule has 0 spiro atoms. The number of anilines is 1. The lowest BCUT2D eigenvalue weighted by atomic mass is 10.0. The van der Waals surface area contributed by atoms with Crippen molar-refractivity contribution in [3.63, 3.8) is 0 Å². The number of carbonyl (C=O) groups excluding carboxylic acids is 2. The minimum absolute atomic E-state index is 0.0492. The lowest BCUT2D eigenvalue weighted by Crippen LogP contribution is -2.48. The maximum atomic E-state index is 12.7. The molecule has 1 aliphatic heterocycles. The van der Waals surface area contributed by atoms with Crippen LogP contribution in [0.5, 0.6) is 0 Å². The topological polar surface area (TPSA) is 115 Å². The summed E-state index contributed by atoms with van der Waals surface area (Å²) in [6, 6.07) is 15.6. The maximum Gasteiger partial charge on any atom is 0.408 e. The fourth-order valence-electron chi connectivity index (χ4n) is 3.27. The van der Waals surface area contributed by atoms with Crippen molar-refractivity contribution in [1.29, 1.82) is 0 Å². The zero-order valence-electron chi connectivity index (χ0n) is 19.0. The summed E-state index contributed by atoms with van der Waals surface area (Å²) in [5.41, 5.74) is 9.04. The lowest BCUT2D eigenvalue weighted by molar-refractivity contribution is -0.120. The van der Waals surface area contributed by atoms with E-state index < -0.39 is 12.1 Å². The SMILES string of the molecule is CC(C)[C@H](NC(=O)OCc1ccccc1)C1=CN([C@@H](C)C(=O)Nc2ccc(CO)cc2)NN1. The smallest absolute Gasteiger partial charge is 0.408 e. The number of benzene rings is 2. The third-order valence-corrected chi connectivity index (χ3v) is 5.30. The first-order valence-electron chi connectivity index (χ1n) is 10.9. The number of hydrazine groups is 2. The quantitative estimate of drug-likeness (QED) is 0.396. The van der Waals surface area contributed by atoms with Gasteiger partial charge in [0, 0.05) is 11.9 Å². The Hall–Kier alpha value is -3.56. The molecule has 2 amide bonds. The zero-order valence-corrected chi connectivity index (χ0v) is 19.0. The van der Waals surface area contributed by atoms with Gasteiger partial charge < -0.3 is 25.9 Å². The number of nitrogens with one attached hydrogen (secondary N) is 4. The highest BCUT2D eigenvalue weighted by molar-refractivity contribution is 5.94. The Balaban J connectivity index is 1.57. The van der Waals surface area contributed by atoms with Crippen LogP contribution in [0.1, 0.15) is 31.9 Å². The molecule has 2 aromatic carbocycles. The fourth-order valence-corrected chi connectivity index (χ4v) is 3.27. The predicted molar refractivity (Wildman–Crippen MR) is 125 cm³/mol. The molecule has 2 aromatic rings. The number of aliphatic hydroxyl groups excluding tert-OH is 1. The molecule has 9 nitrogen and oxygen atoms in total. The van der Waals surface area contributed by atoms with Crippen LogP contribution < -0.4 is 21.6 Å². The van der Waals surface area contributed by atoms with Crippen LogP contribution in [-0.2, 0) is 22.7 Å². The highest BCUT2D eigenvalue weighted by Gasteiger charge is 2.29. The summed E-state index contributed by atoms with van der Waals surface area (Å²) in [6.07, 6.45) is 1.25. The van der Waals surface area contributed by atoms with Gasteiger partial charge in [0.25, 0.3) is 0 Å². The van der Waals surface area contributed by atoms with Crippen molar-refractivity contribution in [1.82, 2.24) is 21.3 Å². The van der Waals surface area contributed by atoms with Crippen LogP contribution in [0.3, 0.4) is 0 Å². The van der Waals surface area contributed by atoms with Crippen molar-refractivity contribution in [2.24, 2.45) is 5.92 Å². The number of hydrogen-bond donors (Lipinski definition) is 5. The van der Waals surface area contributed by atoms with Crippen LogP contribution in [0.4, 0.5) is 10.5 Å². The molecule has 1 heterocycles. The first-order valence-corrected chi connectivity index (χ1v) is 10.9. The molecule has 33 heavy (non-hydrogen) atoms. The zero-order chi connectivity index (χ0) is 23.8. The Labute approximate surface area is 193 Å². The summed E-state index contributed by atoms with van der Waals surface area (Å²) >= 11 is 0. The van der Waals surface area contributed by atoms with Gasteiger partial charge in [-0.1, -0.05) is 56.3 Å². The lowest BCUT2D eigenvalue weighted by Gasteiger charge is -2.23. The largest absolute Gasteiger partial charge is 0.445 e. The van der Waals surface area contributed by atoms with Crippen LogP contribution in [0, 0.1) is 5.92 Å². The van der Waals surface area contributed by atoms with Gasteiger partial charge in [0.1, 0.15) is 12.6 Å². The number of alkyl carbamates (subject to hydrolysis) is 1. The molecule has 9 heteroatoms. The Morgan fingerprint density at radius 3 is 2.36 bits per heavy atom. The van der Waals surface area contributed by atoms with Crippen molar-refractivity contribution in [3.8, 4) is 0 Å². The van der Waals surface area contributed by atoms with E-state index in [9.17, 15) is 9.59 Å². The molecule has 5 N–H and O–H groups in total. The Kier molecular flexibility index (Phi) is 8.28. The standard InChI is InChI=1S/C24H31N5O4/c1-16(2)22(26-24(32)33-15-19-7-5-4-6-8-19)21-13-29(28-27-21)17(3)23(31)25-20-11-9-18(14-30)10-12-20/h4-13,16-17,22,27-28,30H,14-15H2,1-3H3,(H,25,31)(H,26,32)/t17-,22-/m0/s1. The van der Waals surface area contributed by atoms with Crippen LogP contribution >= 0.6 is 0 Å². The third-order valence-electron chi connectivity index (χ3n) is 5.30. The van der Waals surface area contributed by atoms with Gasteiger partial charge in [-0.05, 0) is 36.1 Å². The van der Waals surface area contributed by atoms with Gasteiger partial charge in [0.15, 0.2) is 0 Å². The average Bonchev–Trinajstić information content (AvgIpc) is 3.31. The molecule has 2 atom stereocenters. The molecule has 0 unspecified atom stereocenters. The molecular formula is C24H31N5O4. The molecule has 176 valence electrons. The number of nitrogens with zero attached hydrogens (tertiary/aromatic N) is 1. The van der Waals surface area contributed by atoms with Gasteiger partial charge in [0.2, 0.25) is 5.91 Å². The molecule has 0 radical (unpaired) electrons. The molecule has 0 aliphatic carbocycles. The number of carbonyl (C=O) groups is 2. The normalized spacial score (nSPS) is 14.8. The number of aliphatic hydroxyl groups is 1. The Morgan fingerprint density at radius 2 is 1.73 bits per heavy atom. The van der Waals surface area contributed by atoms with E-state index in [1.807, 2.05) is 44.2 Å². The Morgan fingerprint density at radius 1 is 1.03 bits per heavy atom. The molecule has 1 aliphatic rings. The second-order valence-corrected chi connectivity index (χ2v) is 8.18. The highest BCUT2D eigenvalue weighted by Crippen LogP contribution is 2.17. The molecule has 0 fully saturated rings. The van der Waals surface area contributed by atoms with Gasteiger partial charge >= 0.3 is 6.09 Å². The number of amides is 2. The van der Waals surface area contributed by atoms with Gasteiger partial charge in [-0.3, -0.25) is 9.80 Å². The Bertz CT molecular complexity index is 963. The van der Waals surface area contributed by atoms with Crippen LogP contribution in [0.15, 0.2) is 66.5 Å². The predicted octanol–water partition coefficient (Wildman–Crippen LogP) is 2.62. The van der Waals surface area contributed by atoms with Crippen LogP contribution in [0.2, 0.25) is 0 Å². The van der Waals surface area contributed by atoms with Crippen molar-refractivity contribution < 1.29 is 19.4 Å². The van der Waals surface area contributed by atoms with E-state index in [1.54, 1.807) is 42.4 Å². The number of hydrogen-bond acceptors (Lipinski definition) is 7. The summed E-state index contributed by atoms with van der Waals surface area (Å²) < 4.78 is 5.34. The van der Waals surface area contributed by atoms with E-state index in [0.29, 0.717) is 11.4 Å². The summed E-state index contributed by atoms with van der Waals surface area (Å²) in [4.78, 5) is 25.0. The number of rotatable bonds is 9. The molecule has 3 rings (SSSR count). The molecule has 0 aromatic heterocycles. The van der Waals surface area contributed by atoms with E-state index in [4.69, 9.17) is 9.84 Å². The maximum absolute atomic E-state index is 12.7. The van der Waals surface area contributed by atoms with Crippen LogP contribution in [0.25, 0.3) is 0 Å². The summed E-state index contributed by atoms with van der Waals surface area (Å²) in [5.74, 6) is -0.140. The second kappa shape index (κ2) is 11.3. The van der Waals surface area contributed by atoms with E-state index in [0.717, 1.165) is 11.1 Å². The first kappa shape index (κ1) is 24.1. The van der Waals surface area contributed by atoms with E-state index >= 15 is 0 Å². The van der Waals surface area contributed by atoms with E-state index in [1.165, 1.54) is 0 Å². The summed E-state index contributed by atoms with van der Waals surface area (Å²) in [6.45, 7) is 5.87. The third kappa shape index (κ3) is 6.71. The van der Waals surface area contributed by atoms with Gasteiger partial charge in [-0.25, -0.2) is 4.79 Å². The summed E-state index contributed by atoms with van der Waals surface area (Å²) in [7, 11) is 0. The summed E-state index contributed by atoms with van der Waals surface area (Å²) in [5, 5.41) is 16.5. The van der Waals surface area contributed by atoms with Gasteiger partial charge in [-0.2, -0.15) is 0 Å². The van der Waals surface area contributed by atoms with Crippen molar-refractivity contribution >= 4 is 17.7 Å². The second-order valence-electron chi connectivity index (χ2n) is 8.18. The molecule has 0 saturated heterocycles. The number of ether oxygens (including phenoxy) is 1. The van der Waals surface area contributed by atoms with Crippen LogP contribution in [-0.4, -0.2) is 34.2 Å². The first-order chi connectivity index (χ1) is 15.9. The van der Waals surface area contributed by atoms with Crippen molar-refractivity contribution in [2.75, 3.05) is 5.32 Å². The molecular weight excluding hydrogens is 422 g/mol. The fraction of sp³-hybridized carbons (Fsp3) is 0.333.